The minimum Gasteiger partial charge on any atom is -0.267 e. The van der Waals surface area contributed by atoms with E-state index in [2.05, 4.69) is 10.3 Å². The molecule has 2 aromatic heterocycles. The van der Waals surface area contributed by atoms with Crippen molar-refractivity contribution in [2.45, 2.75) is 6.54 Å². The van der Waals surface area contributed by atoms with Gasteiger partial charge >= 0.3 is 0 Å². The minimum absolute atomic E-state index is 0.131. The lowest BCUT2D eigenvalue weighted by atomic mass is 10.2. The molecule has 0 aliphatic carbocycles. The van der Waals surface area contributed by atoms with E-state index in [-0.39, 0.29) is 5.56 Å². The van der Waals surface area contributed by atoms with Gasteiger partial charge in [0.25, 0.3) is 5.56 Å². The Kier molecular flexibility index (Phi) is 3.88. The van der Waals surface area contributed by atoms with Crippen LogP contribution in [0.2, 0.25) is 5.02 Å². The van der Waals surface area contributed by atoms with E-state index in [9.17, 15) is 4.79 Å². The molecule has 4 nitrogen and oxygen atoms in total. The van der Waals surface area contributed by atoms with Crippen molar-refractivity contribution in [3.05, 3.63) is 81.6 Å². The minimum atomic E-state index is -0.131. The van der Waals surface area contributed by atoms with Crippen LogP contribution in [-0.4, -0.2) is 15.0 Å². The molecule has 24 heavy (non-hydrogen) atoms. The van der Waals surface area contributed by atoms with Crippen LogP contribution in [-0.2, 0) is 6.54 Å². The summed E-state index contributed by atoms with van der Waals surface area (Å²) in [5.41, 5.74) is 1.89. The zero-order valence-electron chi connectivity index (χ0n) is 12.5. The van der Waals surface area contributed by atoms with E-state index in [1.165, 1.54) is 16.0 Å². The van der Waals surface area contributed by atoms with Crippen molar-refractivity contribution in [1.29, 1.82) is 0 Å². The number of nitrogens with zero attached hydrogens (tertiary/aromatic N) is 3. The summed E-state index contributed by atoms with van der Waals surface area (Å²) in [4.78, 5) is 14.4. The number of fused-ring (bicyclic) bond motifs is 1. The Balaban J connectivity index is 1.75. The van der Waals surface area contributed by atoms with Crippen LogP contribution in [0.5, 0.6) is 0 Å². The number of thiophene rings is 1. The number of benzene rings is 2. The predicted molar refractivity (Wildman–Crippen MR) is 97.7 cm³/mol. The molecular weight excluding hydrogens is 342 g/mol. The lowest BCUT2D eigenvalue weighted by molar-refractivity contribution is 0.602. The maximum Gasteiger partial charge on any atom is 0.278 e. The zero-order chi connectivity index (χ0) is 16.5. The van der Waals surface area contributed by atoms with Gasteiger partial charge in [-0.1, -0.05) is 59.3 Å². The SMILES string of the molecule is O=c1c2cc(-c3ccccc3)sc2nnn1Cc1ccc(Cl)cc1. The Labute approximate surface area is 147 Å². The van der Waals surface area contributed by atoms with Gasteiger partial charge in [-0.15, -0.1) is 16.4 Å². The van der Waals surface area contributed by atoms with Crippen LogP contribution in [0.25, 0.3) is 20.7 Å². The van der Waals surface area contributed by atoms with Crippen molar-refractivity contribution in [3.8, 4) is 10.4 Å². The van der Waals surface area contributed by atoms with E-state index in [0.29, 0.717) is 21.8 Å². The maximum atomic E-state index is 12.7. The molecule has 0 radical (unpaired) electrons. The van der Waals surface area contributed by atoms with Gasteiger partial charge in [0, 0.05) is 9.90 Å². The Morgan fingerprint density at radius 1 is 1.04 bits per heavy atom. The summed E-state index contributed by atoms with van der Waals surface area (Å²) in [6.07, 6.45) is 0. The Bertz CT molecular complexity index is 1060. The molecule has 118 valence electrons. The third-order valence-electron chi connectivity index (χ3n) is 3.72. The molecule has 4 aromatic rings. The van der Waals surface area contributed by atoms with Crippen molar-refractivity contribution in [1.82, 2.24) is 15.0 Å². The topological polar surface area (TPSA) is 47.8 Å². The highest BCUT2D eigenvalue weighted by Gasteiger charge is 2.11. The average molecular weight is 354 g/mol. The zero-order valence-corrected chi connectivity index (χ0v) is 14.1. The molecule has 0 atom stereocenters. The van der Waals surface area contributed by atoms with Gasteiger partial charge < -0.3 is 0 Å². The number of aromatic nitrogens is 3. The highest BCUT2D eigenvalue weighted by molar-refractivity contribution is 7.21. The molecule has 6 heteroatoms. The first-order valence-electron chi connectivity index (χ1n) is 7.38. The summed E-state index contributed by atoms with van der Waals surface area (Å²) in [6, 6.07) is 19.2. The van der Waals surface area contributed by atoms with Gasteiger partial charge in [-0.3, -0.25) is 4.79 Å². The standard InChI is InChI=1S/C18H12ClN3OS/c19-14-8-6-12(7-9-14)11-22-18(23)15-10-16(24-17(15)20-21-22)13-4-2-1-3-5-13/h1-10H,11H2. The summed E-state index contributed by atoms with van der Waals surface area (Å²) >= 11 is 7.37. The summed E-state index contributed by atoms with van der Waals surface area (Å²) < 4.78 is 1.38. The molecule has 2 aromatic carbocycles. The summed E-state index contributed by atoms with van der Waals surface area (Å²) in [5, 5.41) is 9.53. The van der Waals surface area contributed by atoms with E-state index in [4.69, 9.17) is 11.6 Å². The lowest BCUT2D eigenvalue weighted by Crippen LogP contribution is -2.24. The Morgan fingerprint density at radius 2 is 1.79 bits per heavy atom. The molecule has 2 heterocycles. The molecule has 4 rings (SSSR count). The van der Waals surface area contributed by atoms with Crippen molar-refractivity contribution in [2.75, 3.05) is 0 Å². The van der Waals surface area contributed by atoms with Gasteiger partial charge in [-0.25, -0.2) is 4.68 Å². The average Bonchev–Trinajstić information content (AvgIpc) is 3.05. The first-order chi connectivity index (χ1) is 11.7. The second kappa shape index (κ2) is 6.19. The summed E-state index contributed by atoms with van der Waals surface area (Å²) in [6.45, 7) is 0.370. The van der Waals surface area contributed by atoms with Crippen molar-refractivity contribution in [2.24, 2.45) is 0 Å². The number of halogens is 1. The van der Waals surface area contributed by atoms with E-state index in [1.54, 1.807) is 12.1 Å². The van der Waals surface area contributed by atoms with Gasteiger partial charge in [0.1, 0.15) is 0 Å². The number of hydrogen-bond donors (Lipinski definition) is 0. The first kappa shape index (κ1) is 15.1. The molecule has 0 aliphatic heterocycles. The van der Waals surface area contributed by atoms with Crippen LogP contribution in [0.4, 0.5) is 0 Å². The monoisotopic (exact) mass is 353 g/mol. The summed E-state index contributed by atoms with van der Waals surface area (Å²) in [7, 11) is 0. The molecule has 0 bridgehead atoms. The number of rotatable bonds is 3. The molecule has 0 fully saturated rings. The van der Waals surface area contributed by atoms with Gasteiger partial charge in [0.05, 0.1) is 11.9 Å². The fourth-order valence-electron chi connectivity index (χ4n) is 2.49. The fourth-order valence-corrected chi connectivity index (χ4v) is 3.59. The second-order valence-electron chi connectivity index (χ2n) is 5.37. The van der Waals surface area contributed by atoms with Gasteiger partial charge in [0.2, 0.25) is 0 Å². The highest BCUT2D eigenvalue weighted by Crippen LogP contribution is 2.30. The van der Waals surface area contributed by atoms with E-state index in [1.807, 2.05) is 48.5 Å². The number of hydrogen-bond acceptors (Lipinski definition) is 4. The van der Waals surface area contributed by atoms with E-state index < -0.39 is 0 Å². The molecule has 0 amide bonds. The molecular formula is C18H12ClN3OS. The molecule has 0 unspecified atom stereocenters. The summed E-state index contributed by atoms with van der Waals surface area (Å²) in [5.74, 6) is 0. The van der Waals surface area contributed by atoms with E-state index >= 15 is 0 Å². The second-order valence-corrected chi connectivity index (χ2v) is 6.84. The van der Waals surface area contributed by atoms with Crippen molar-refractivity contribution < 1.29 is 0 Å². The van der Waals surface area contributed by atoms with Gasteiger partial charge in [-0.05, 0) is 29.3 Å². The van der Waals surface area contributed by atoms with Crippen LogP contribution in [0, 0.1) is 0 Å². The first-order valence-corrected chi connectivity index (χ1v) is 8.57. The third-order valence-corrected chi connectivity index (χ3v) is 5.05. The van der Waals surface area contributed by atoms with Gasteiger partial charge in [0.15, 0.2) is 4.83 Å². The quantitative estimate of drug-likeness (QED) is 0.554. The van der Waals surface area contributed by atoms with Gasteiger partial charge in [-0.2, -0.15) is 0 Å². The van der Waals surface area contributed by atoms with E-state index in [0.717, 1.165) is 16.0 Å². The van der Waals surface area contributed by atoms with Crippen LogP contribution >= 0.6 is 22.9 Å². The van der Waals surface area contributed by atoms with Crippen LogP contribution in [0.3, 0.4) is 0 Å². The lowest BCUT2D eigenvalue weighted by Gasteiger charge is -2.03. The Morgan fingerprint density at radius 3 is 2.54 bits per heavy atom. The highest BCUT2D eigenvalue weighted by atomic mass is 35.5. The van der Waals surface area contributed by atoms with Crippen molar-refractivity contribution in [3.63, 3.8) is 0 Å². The molecule has 0 spiro atoms. The molecule has 0 N–H and O–H groups in total. The van der Waals surface area contributed by atoms with Crippen LogP contribution in [0.1, 0.15) is 5.56 Å². The normalized spacial score (nSPS) is 11.0. The van der Waals surface area contributed by atoms with Crippen LogP contribution < -0.4 is 5.56 Å². The maximum absolute atomic E-state index is 12.7. The smallest absolute Gasteiger partial charge is 0.267 e. The predicted octanol–water partition coefficient (Wildman–Crippen LogP) is 4.22. The fraction of sp³-hybridized carbons (Fsp3) is 0.0556. The van der Waals surface area contributed by atoms with Crippen LogP contribution in [0.15, 0.2) is 65.5 Å². The molecule has 0 saturated carbocycles. The largest absolute Gasteiger partial charge is 0.278 e. The Hall–Kier alpha value is -2.50. The van der Waals surface area contributed by atoms with Crippen molar-refractivity contribution >= 4 is 33.2 Å². The third kappa shape index (κ3) is 2.84. The molecule has 0 saturated heterocycles. The molecule has 0 aliphatic rings.